The number of hydrogen-bond donors (Lipinski definition) is 1. The van der Waals surface area contributed by atoms with Gasteiger partial charge in [-0.2, -0.15) is 0 Å². The number of fused-ring (bicyclic) bond motifs is 3. The van der Waals surface area contributed by atoms with Crippen LogP contribution in [-0.4, -0.2) is 35.1 Å². The molecule has 1 aromatic carbocycles. The summed E-state index contributed by atoms with van der Waals surface area (Å²) in [6.07, 6.45) is 8.43. The Labute approximate surface area is 215 Å². The van der Waals surface area contributed by atoms with Gasteiger partial charge in [-0.1, -0.05) is 33.1 Å². The van der Waals surface area contributed by atoms with Crippen molar-refractivity contribution in [1.29, 1.82) is 0 Å². The van der Waals surface area contributed by atoms with Gasteiger partial charge < -0.3 is 10.2 Å². The third-order valence-corrected chi connectivity index (χ3v) is 8.43. The summed E-state index contributed by atoms with van der Waals surface area (Å²) in [5, 5.41) is 3.47. The zero-order valence-electron chi connectivity index (χ0n) is 21.9. The van der Waals surface area contributed by atoms with Crippen LogP contribution in [0, 0.1) is 23.0 Å². The lowest BCUT2D eigenvalue weighted by atomic mass is 9.57. The van der Waals surface area contributed by atoms with Crippen LogP contribution in [0.15, 0.2) is 41.3 Å². The maximum absolute atomic E-state index is 14.9. The Morgan fingerprint density at radius 1 is 1.22 bits per heavy atom. The number of aromatic nitrogens is 2. The summed E-state index contributed by atoms with van der Waals surface area (Å²) in [4.78, 5) is 33.7. The predicted molar refractivity (Wildman–Crippen MR) is 141 cm³/mol. The molecule has 0 spiro atoms. The van der Waals surface area contributed by atoms with Crippen molar-refractivity contribution < 1.29 is 13.6 Å². The van der Waals surface area contributed by atoms with Gasteiger partial charge >= 0.3 is 0 Å². The smallest absolute Gasteiger partial charge is 0.257 e. The molecule has 2 aliphatic carbocycles. The zero-order valence-corrected chi connectivity index (χ0v) is 21.9. The fourth-order valence-corrected chi connectivity index (χ4v) is 6.61. The van der Waals surface area contributed by atoms with E-state index in [2.05, 4.69) is 24.1 Å². The fraction of sp³-hybridized carbons (Fsp3) is 0.483. The van der Waals surface area contributed by atoms with E-state index in [1.165, 1.54) is 23.3 Å². The number of amides is 1. The predicted octanol–water partition coefficient (Wildman–Crippen LogP) is 5.60. The number of carbonyl (C=O) groups is 1. The molecule has 3 unspecified atom stereocenters. The van der Waals surface area contributed by atoms with Crippen LogP contribution >= 0.6 is 0 Å². The van der Waals surface area contributed by atoms with E-state index in [-0.39, 0.29) is 33.2 Å². The number of hydrogen-bond acceptors (Lipinski definition) is 4. The molecule has 196 valence electrons. The maximum Gasteiger partial charge on any atom is 0.257 e. The average molecular weight is 509 g/mol. The molecule has 0 saturated heterocycles. The highest BCUT2D eigenvalue weighted by molar-refractivity contribution is 5.97. The third-order valence-electron chi connectivity index (χ3n) is 8.43. The number of nitrogens with one attached hydrogen (secondary N) is 1. The van der Waals surface area contributed by atoms with Crippen molar-refractivity contribution in [3.8, 4) is 5.69 Å². The van der Waals surface area contributed by atoms with E-state index in [4.69, 9.17) is 0 Å². The standard InChI is InChI=1S/C29H34F2N4O2/c1-5-28(2)14-18-7-6-12-29(15-18,17-28)33-27(37)21-16-35(23-10-8-19(30)13-22(23)31)26-20(25(21)36)9-11-24(32-26)34(3)4/h8-11,13,16,18H,5-7,12,14-15,17H2,1-4H3,(H,33,37). The van der Waals surface area contributed by atoms with Gasteiger partial charge in [0.2, 0.25) is 5.43 Å². The van der Waals surface area contributed by atoms with Crippen LogP contribution in [0.4, 0.5) is 14.6 Å². The summed E-state index contributed by atoms with van der Waals surface area (Å²) in [7, 11) is 3.61. The van der Waals surface area contributed by atoms with Gasteiger partial charge in [0.25, 0.3) is 5.91 Å². The molecule has 0 aliphatic heterocycles. The van der Waals surface area contributed by atoms with Gasteiger partial charge in [0.1, 0.15) is 23.0 Å². The Morgan fingerprint density at radius 3 is 2.70 bits per heavy atom. The lowest BCUT2D eigenvalue weighted by Crippen LogP contribution is -2.57. The van der Waals surface area contributed by atoms with Crippen molar-refractivity contribution in [1.82, 2.24) is 14.9 Å². The number of benzene rings is 1. The normalized spacial score (nSPS) is 25.2. The minimum atomic E-state index is -0.812. The molecule has 2 bridgehead atoms. The monoisotopic (exact) mass is 508 g/mol. The molecule has 0 radical (unpaired) electrons. The van der Waals surface area contributed by atoms with E-state index in [1.807, 2.05) is 14.1 Å². The Bertz CT molecular complexity index is 1440. The second-order valence-corrected chi connectivity index (χ2v) is 11.5. The molecule has 2 heterocycles. The molecule has 5 rings (SSSR count). The van der Waals surface area contributed by atoms with Crippen LogP contribution in [-0.2, 0) is 0 Å². The highest BCUT2D eigenvalue weighted by Gasteiger charge is 2.48. The van der Waals surface area contributed by atoms with Crippen molar-refractivity contribution >= 4 is 22.8 Å². The largest absolute Gasteiger partial charge is 0.363 e. The number of rotatable bonds is 5. The topological polar surface area (TPSA) is 67.2 Å². The molecule has 8 heteroatoms. The molecule has 2 fully saturated rings. The van der Waals surface area contributed by atoms with Gasteiger partial charge in [-0.3, -0.25) is 14.2 Å². The quantitative estimate of drug-likeness (QED) is 0.487. The van der Waals surface area contributed by atoms with Crippen molar-refractivity contribution in [3.05, 3.63) is 63.9 Å². The molecule has 2 aliphatic rings. The molecule has 6 nitrogen and oxygen atoms in total. The van der Waals surface area contributed by atoms with E-state index in [1.54, 1.807) is 17.0 Å². The highest BCUT2D eigenvalue weighted by Crippen LogP contribution is 2.52. The molecular weight excluding hydrogens is 474 g/mol. The van der Waals surface area contributed by atoms with Crippen molar-refractivity contribution in [2.45, 2.75) is 64.3 Å². The van der Waals surface area contributed by atoms with E-state index < -0.39 is 23.0 Å². The van der Waals surface area contributed by atoms with Gasteiger partial charge in [-0.15, -0.1) is 0 Å². The van der Waals surface area contributed by atoms with Crippen LogP contribution in [0.25, 0.3) is 16.7 Å². The first-order valence-electron chi connectivity index (χ1n) is 13.0. The molecule has 1 amide bonds. The number of pyridine rings is 2. The average Bonchev–Trinajstić information content (AvgIpc) is 2.84. The SMILES string of the molecule is CCC1(C)CC2CCCC(NC(=O)c3cn(-c4ccc(F)cc4F)c4nc(N(C)C)ccc4c3=O)(C2)C1. The first-order chi connectivity index (χ1) is 17.5. The van der Waals surface area contributed by atoms with Gasteiger partial charge in [0, 0.05) is 31.9 Å². The van der Waals surface area contributed by atoms with Crippen LogP contribution in [0.3, 0.4) is 0 Å². The minimum absolute atomic E-state index is 0.0102. The Kier molecular flexibility index (Phi) is 6.32. The Hall–Kier alpha value is -3.29. The van der Waals surface area contributed by atoms with Gasteiger partial charge in [0.15, 0.2) is 5.65 Å². The van der Waals surface area contributed by atoms with Crippen LogP contribution < -0.4 is 15.6 Å². The zero-order chi connectivity index (χ0) is 26.5. The first-order valence-corrected chi connectivity index (χ1v) is 13.0. The minimum Gasteiger partial charge on any atom is -0.363 e. The van der Waals surface area contributed by atoms with Gasteiger partial charge in [-0.05, 0) is 61.3 Å². The van der Waals surface area contributed by atoms with Crippen LogP contribution in [0.1, 0.15) is 69.2 Å². The Balaban J connectivity index is 1.63. The van der Waals surface area contributed by atoms with E-state index in [0.29, 0.717) is 11.7 Å². The molecule has 37 heavy (non-hydrogen) atoms. The summed E-state index contributed by atoms with van der Waals surface area (Å²) >= 11 is 0. The second-order valence-electron chi connectivity index (χ2n) is 11.5. The van der Waals surface area contributed by atoms with E-state index in [0.717, 1.165) is 50.7 Å². The molecule has 1 N–H and O–H groups in total. The van der Waals surface area contributed by atoms with Gasteiger partial charge in [-0.25, -0.2) is 13.8 Å². The molecule has 2 saturated carbocycles. The first kappa shape index (κ1) is 25.4. The van der Waals surface area contributed by atoms with Crippen molar-refractivity contribution in [2.24, 2.45) is 11.3 Å². The van der Waals surface area contributed by atoms with Crippen molar-refractivity contribution in [3.63, 3.8) is 0 Å². The number of halogens is 2. The molecule has 2 aromatic heterocycles. The summed E-state index contributed by atoms with van der Waals surface area (Å²) < 4.78 is 30.0. The van der Waals surface area contributed by atoms with Crippen LogP contribution in [0.5, 0.6) is 0 Å². The second kappa shape index (κ2) is 9.23. The molecule has 3 aromatic rings. The fourth-order valence-electron chi connectivity index (χ4n) is 6.61. The summed E-state index contributed by atoms with van der Waals surface area (Å²) in [6.45, 7) is 4.49. The number of carbonyl (C=O) groups excluding carboxylic acids is 1. The summed E-state index contributed by atoms with van der Waals surface area (Å²) in [5.41, 5.74) is -0.535. The van der Waals surface area contributed by atoms with Crippen molar-refractivity contribution in [2.75, 3.05) is 19.0 Å². The lowest BCUT2D eigenvalue weighted by molar-refractivity contribution is 0.0218. The lowest BCUT2D eigenvalue weighted by Gasteiger charge is -2.53. The van der Waals surface area contributed by atoms with Crippen LogP contribution in [0.2, 0.25) is 0 Å². The third kappa shape index (κ3) is 4.62. The maximum atomic E-state index is 14.9. The molecular formula is C29H34F2N4O2. The Morgan fingerprint density at radius 2 is 2.00 bits per heavy atom. The summed E-state index contributed by atoms with van der Waals surface area (Å²) in [6, 6.07) is 6.52. The molecule has 3 atom stereocenters. The number of nitrogens with zero attached hydrogens (tertiary/aromatic N) is 3. The van der Waals surface area contributed by atoms with E-state index >= 15 is 0 Å². The number of anilines is 1. The van der Waals surface area contributed by atoms with Gasteiger partial charge in [0.05, 0.1) is 11.1 Å². The highest BCUT2D eigenvalue weighted by atomic mass is 19.1. The summed E-state index contributed by atoms with van der Waals surface area (Å²) in [5.74, 6) is -0.862. The van der Waals surface area contributed by atoms with E-state index in [9.17, 15) is 18.4 Å².